The molecule has 2 heterocycles. The van der Waals surface area contributed by atoms with E-state index in [1.165, 1.54) is 6.07 Å². The summed E-state index contributed by atoms with van der Waals surface area (Å²) < 4.78 is 16.5. The van der Waals surface area contributed by atoms with Crippen LogP contribution in [0.15, 0.2) is 30.5 Å². The molecule has 2 aliphatic rings. The molecule has 12 heteroatoms. The smallest absolute Gasteiger partial charge is 0.224 e. The molecule has 1 amide bonds. The number of nitrogens with zero attached hydrogens (tertiary/aromatic N) is 4. The van der Waals surface area contributed by atoms with Gasteiger partial charge in [-0.1, -0.05) is 12.1 Å². The number of nitrogens with one attached hydrogen (secondary N) is 3. The Bertz CT molecular complexity index is 1270. The zero-order valence-corrected chi connectivity index (χ0v) is 21.8. The number of hydrogen-bond acceptors (Lipinski definition) is 9. The number of aliphatic hydroxyl groups is 3. The molecule has 6 N–H and O–H groups in total. The van der Waals surface area contributed by atoms with Gasteiger partial charge in [0.15, 0.2) is 5.65 Å². The largest absolute Gasteiger partial charge is 0.394 e. The Morgan fingerprint density at radius 3 is 2.54 bits per heavy atom. The van der Waals surface area contributed by atoms with Crippen LogP contribution in [0.5, 0.6) is 0 Å². The minimum atomic E-state index is -0.976. The lowest BCUT2D eigenvalue weighted by Crippen LogP contribution is -2.39. The molecule has 210 valence electrons. The van der Waals surface area contributed by atoms with Gasteiger partial charge in [-0.05, 0) is 63.5 Å². The molecule has 0 aliphatic heterocycles. The molecule has 2 aromatic heterocycles. The maximum Gasteiger partial charge on any atom is 0.224 e. The molecule has 0 spiro atoms. The van der Waals surface area contributed by atoms with Gasteiger partial charge in [0, 0.05) is 24.5 Å². The zero-order valence-electron chi connectivity index (χ0n) is 21.8. The molecule has 5 rings (SSSR count). The summed E-state index contributed by atoms with van der Waals surface area (Å²) in [5.74, 6) is 0.222. The molecule has 2 saturated carbocycles. The van der Waals surface area contributed by atoms with Gasteiger partial charge in [0.1, 0.15) is 11.3 Å². The van der Waals surface area contributed by atoms with Gasteiger partial charge < -0.3 is 31.3 Å². The highest BCUT2D eigenvalue weighted by molar-refractivity contribution is 5.79. The summed E-state index contributed by atoms with van der Waals surface area (Å²) in [6.07, 6.45) is 6.22. The van der Waals surface area contributed by atoms with Crippen LogP contribution in [0.3, 0.4) is 0 Å². The Kier molecular flexibility index (Phi) is 8.53. The SMILES string of the molecule is O=C(NC[C@@H](O)CO)C1CCC(n2c(Nc3ccccc3F)nc3cnc(NC4CCC(O)CC4)nc32)CC1. The lowest BCUT2D eigenvalue weighted by Gasteiger charge is -2.30. The van der Waals surface area contributed by atoms with Gasteiger partial charge in [0.2, 0.25) is 17.8 Å². The predicted molar refractivity (Wildman–Crippen MR) is 144 cm³/mol. The minimum absolute atomic E-state index is 0.0186. The molecule has 0 unspecified atom stereocenters. The van der Waals surface area contributed by atoms with Crippen LogP contribution < -0.4 is 16.0 Å². The Labute approximate surface area is 225 Å². The number of hydrogen-bond donors (Lipinski definition) is 6. The van der Waals surface area contributed by atoms with E-state index in [0.717, 1.165) is 25.7 Å². The third kappa shape index (κ3) is 6.45. The van der Waals surface area contributed by atoms with E-state index in [-0.39, 0.29) is 36.6 Å². The Hall–Kier alpha value is -3.35. The second-order valence-corrected chi connectivity index (χ2v) is 10.5. The lowest BCUT2D eigenvalue weighted by atomic mass is 9.85. The molecular weight excluding hydrogens is 505 g/mol. The van der Waals surface area contributed by atoms with E-state index in [1.54, 1.807) is 24.4 Å². The molecule has 1 aromatic carbocycles. The van der Waals surface area contributed by atoms with Gasteiger partial charge in [0.05, 0.1) is 30.7 Å². The summed E-state index contributed by atoms with van der Waals surface area (Å²) in [5.41, 5.74) is 1.51. The Balaban J connectivity index is 1.38. The van der Waals surface area contributed by atoms with Gasteiger partial charge >= 0.3 is 0 Å². The van der Waals surface area contributed by atoms with Crippen LogP contribution in [0.4, 0.5) is 22.0 Å². The van der Waals surface area contributed by atoms with Crippen LogP contribution in [0.1, 0.15) is 57.4 Å². The highest BCUT2D eigenvalue weighted by Crippen LogP contribution is 2.37. The Morgan fingerprint density at radius 2 is 1.82 bits per heavy atom. The maximum absolute atomic E-state index is 14.5. The van der Waals surface area contributed by atoms with Crippen LogP contribution >= 0.6 is 0 Å². The van der Waals surface area contributed by atoms with Crippen molar-refractivity contribution >= 4 is 34.7 Å². The van der Waals surface area contributed by atoms with Crippen molar-refractivity contribution in [1.29, 1.82) is 0 Å². The lowest BCUT2D eigenvalue weighted by molar-refractivity contribution is -0.126. The summed E-state index contributed by atoms with van der Waals surface area (Å²) >= 11 is 0. The van der Waals surface area contributed by atoms with Crippen molar-refractivity contribution in [2.24, 2.45) is 5.92 Å². The van der Waals surface area contributed by atoms with E-state index in [9.17, 15) is 19.4 Å². The molecule has 11 nitrogen and oxygen atoms in total. The third-order valence-electron chi connectivity index (χ3n) is 7.74. The average Bonchev–Trinajstić information content (AvgIpc) is 3.31. The van der Waals surface area contributed by atoms with Crippen molar-refractivity contribution in [3.63, 3.8) is 0 Å². The zero-order chi connectivity index (χ0) is 27.4. The number of aliphatic hydroxyl groups excluding tert-OH is 3. The number of halogens is 1. The van der Waals surface area contributed by atoms with E-state index in [0.29, 0.717) is 54.4 Å². The predicted octanol–water partition coefficient (Wildman–Crippen LogP) is 2.63. The second-order valence-electron chi connectivity index (χ2n) is 10.5. The minimum Gasteiger partial charge on any atom is -0.394 e. The first kappa shape index (κ1) is 27.2. The number of anilines is 3. The van der Waals surface area contributed by atoms with Gasteiger partial charge in [-0.25, -0.2) is 14.4 Å². The molecule has 2 aliphatic carbocycles. The maximum atomic E-state index is 14.5. The van der Waals surface area contributed by atoms with Crippen LogP contribution in [0.25, 0.3) is 11.2 Å². The fourth-order valence-electron chi connectivity index (χ4n) is 5.50. The number of para-hydroxylation sites is 1. The van der Waals surface area contributed by atoms with Crippen LogP contribution in [-0.2, 0) is 4.79 Å². The molecule has 39 heavy (non-hydrogen) atoms. The van der Waals surface area contributed by atoms with E-state index in [4.69, 9.17) is 15.1 Å². The van der Waals surface area contributed by atoms with Gasteiger partial charge in [-0.3, -0.25) is 9.36 Å². The first-order valence-electron chi connectivity index (χ1n) is 13.7. The number of amides is 1. The monoisotopic (exact) mass is 541 g/mol. The third-order valence-corrected chi connectivity index (χ3v) is 7.74. The van der Waals surface area contributed by atoms with Crippen molar-refractivity contribution in [3.05, 3.63) is 36.3 Å². The number of aromatic nitrogens is 4. The standard InChI is InChI=1S/C27H36FN7O4/c28-21-3-1-2-4-22(21)32-27-33-23-14-30-26(31-17-7-11-19(37)12-8-17)34-24(23)35(27)18-9-5-16(6-10-18)25(39)29-13-20(38)15-36/h1-4,14,16-20,36-38H,5-13,15H2,(H,29,39)(H,32,33)(H,30,31,34)/t16?,17?,18?,19?,20-/m1/s1. The van der Waals surface area contributed by atoms with Crippen molar-refractivity contribution < 1.29 is 24.5 Å². The van der Waals surface area contributed by atoms with Gasteiger partial charge in [-0.2, -0.15) is 4.98 Å². The fraction of sp³-hybridized carbons (Fsp3) is 0.556. The average molecular weight is 542 g/mol. The Morgan fingerprint density at radius 1 is 1.08 bits per heavy atom. The number of carbonyl (C=O) groups is 1. The van der Waals surface area contributed by atoms with Crippen molar-refractivity contribution in [2.45, 2.75) is 75.7 Å². The van der Waals surface area contributed by atoms with E-state index >= 15 is 0 Å². The number of fused-ring (bicyclic) bond motifs is 1. The second kappa shape index (κ2) is 12.2. The van der Waals surface area contributed by atoms with Gasteiger partial charge in [0.25, 0.3) is 0 Å². The molecule has 0 saturated heterocycles. The molecule has 0 radical (unpaired) electrons. The van der Waals surface area contributed by atoms with Crippen molar-refractivity contribution in [2.75, 3.05) is 23.8 Å². The number of benzene rings is 1. The summed E-state index contributed by atoms with van der Waals surface area (Å²) in [4.78, 5) is 26.6. The van der Waals surface area contributed by atoms with E-state index in [1.807, 2.05) is 4.57 Å². The van der Waals surface area contributed by atoms with Crippen molar-refractivity contribution in [3.8, 4) is 0 Å². The van der Waals surface area contributed by atoms with Gasteiger partial charge in [-0.15, -0.1) is 0 Å². The van der Waals surface area contributed by atoms with E-state index < -0.39 is 18.5 Å². The molecule has 3 aromatic rings. The summed E-state index contributed by atoms with van der Waals surface area (Å²) in [6.45, 7) is -0.384. The highest BCUT2D eigenvalue weighted by atomic mass is 19.1. The quantitative estimate of drug-likeness (QED) is 0.240. The number of rotatable bonds is 9. The number of carbonyl (C=O) groups excluding carboxylic acids is 1. The normalized spacial score (nSPS) is 24.3. The van der Waals surface area contributed by atoms with E-state index in [2.05, 4.69) is 20.9 Å². The molecule has 0 bridgehead atoms. The topological polar surface area (TPSA) is 157 Å². The molecule has 1 atom stereocenters. The fourth-order valence-corrected chi connectivity index (χ4v) is 5.50. The first-order valence-corrected chi connectivity index (χ1v) is 13.7. The molecular formula is C27H36FN7O4. The summed E-state index contributed by atoms with van der Waals surface area (Å²) in [7, 11) is 0. The first-order chi connectivity index (χ1) is 18.9. The van der Waals surface area contributed by atoms with Crippen LogP contribution in [0.2, 0.25) is 0 Å². The highest BCUT2D eigenvalue weighted by Gasteiger charge is 2.30. The van der Waals surface area contributed by atoms with Crippen LogP contribution in [-0.4, -0.2) is 72.1 Å². The van der Waals surface area contributed by atoms with Crippen molar-refractivity contribution in [1.82, 2.24) is 24.8 Å². The molecule has 2 fully saturated rings. The summed E-state index contributed by atoms with van der Waals surface area (Å²) in [5, 5.41) is 37.6. The van der Waals surface area contributed by atoms with Crippen LogP contribution in [0, 0.1) is 11.7 Å². The summed E-state index contributed by atoms with van der Waals surface area (Å²) in [6, 6.07) is 6.56. The number of imidazole rings is 1.